The molecule has 10 heteroatoms. The van der Waals surface area contributed by atoms with E-state index in [2.05, 4.69) is 0 Å². The molecule has 0 fully saturated rings. The number of hydrogen-bond donors (Lipinski definition) is 3. The molecule has 1 rings (SSSR count). The van der Waals surface area contributed by atoms with Crippen molar-refractivity contribution >= 4 is 23.4 Å². The highest BCUT2D eigenvalue weighted by atomic mass is 19.1. The number of nitrogens with one attached hydrogen (secondary N) is 2. The summed E-state index contributed by atoms with van der Waals surface area (Å²) in [6, 6.07) is -1.53. The Morgan fingerprint density at radius 3 is 2.48 bits per heavy atom. The molecular formula is C11H11F2N3O5. The average Bonchev–Trinajstić information content (AvgIpc) is 2.38. The number of anilines is 1. The predicted octanol–water partition coefficient (Wildman–Crippen LogP) is 1.86. The van der Waals surface area contributed by atoms with Gasteiger partial charge in [-0.15, -0.1) is 0 Å². The van der Waals surface area contributed by atoms with Crippen LogP contribution in [-0.2, 0) is 4.79 Å². The third-order valence-corrected chi connectivity index (χ3v) is 2.49. The van der Waals surface area contributed by atoms with Crippen molar-refractivity contribution in [3.63, 3.8) is 0 Å². The van der Waals surface area contributed by atoms with Crippen LogP contribution < -0.4 is 10.6 Å². The standard InChI is InChI=1S/C11H11F2N3O5/c1-2-7(10(17)18)14-11(19)15-8-4-9(16(20)21)6(13)3-5(8)12/h3-4,7H,2H2,1H3,(H,17,18)(H2,14,15,19). The molecule has 0 bridgehead atoms. The third kappa shape index (κ3) is 4.09. The number of halogens is 2. The van der Waals surface area contributed by atoms with Gasteiger partial charge in [-0.1, -0.05) is 6.92 Å². The van der Waals surface area contributed by atoms with Gasteiger partial charge in [0, 0.05) is 12.1 Å². The van der Waals surface area contributed by atoms with Crippen LogP contribution in [0.15, 0.2) is 12.1 Å². The fourth-order valence-electron chi connectivity index (χ4n) is 1.43. The molecule has 0 aliphatic rings. The molecule has 0 saturated heterocycles. The molecule has 0 aliphatic carbocycles. The van der Waals surface area contributed by atoms with Gasteiger partial charge in [-0.05, 0) is 6.42 Å². The summed E-state index contributed by atoms with van der Waals surface area (Å²) in [6.07, 6.45) is 0.0782. The van der Waals surface area contributed by atoms with Crippen molar-refractivity contribution in [3.05, 3.63) is 33.9 Å². The normalized spacial score (nSPS) is 11.6. The summed E-state index contributed by atoms with van der Waals surface area (Å²) in [6.45, 7) is 1.50. The molecule has 3 N–H and O–H groups in total. The Bertz CT molecular complexity index is 593. The second-order valence-corrected chi connectivity index (χ2v) is 3.94. The van der Waals surface area contributed by atoms with E-state index in [0.29, 0.717) is 6.07 Å². The van der Waals surface area contributed by atoms with Gasteiger partial charge in [-0.3, -0.25) is 10.1 Å². The highest BCUT2D eigenvalue weighted by molar-refractivity contribution is 5.92. The molecule has 0 radical (unpaired) electrons. The van der Waals surface area contributed by atoms with Crippen LogP contribution in [0.2, 0.25) is 0 Å². The monoisotopic (exact) mass is 303 g/mol. The summed E-state index contributed by atoms with van der Waals surface area (Å²) in [5, 5.41) is 23.2. The number of urea groups is 1. The first-order valence-electron chi connectivity index (χ1n) is 5.70. The van der Waals surface area contributed by atoms with Gasteiger partial charge in [0.2, 0.25) is 5.82 Å². The molecule has 0 aliphatic heterocycles. The van der Waals surface area contributed by atoms with Crippen molar-refractivity contribution in [1.82, 2.24) is 5.32 Å². The van der Waals surface area contributed by atoms with E-state index in [1.54, 1.807) is 0 Å². The summed E-state index contributed by atoms with van der Waals surface area (Å²) < 4.78 is 26.5. The Balaban J connectivity index is 2.92. The molecule has 1 atom stereocenters. The van der Waals surface area contributed by atoms with Gasteiger partial charge in [0.05, 0.1) is 10.6 Å². The van der Waals surface area contributed by atoms with Gasteiger partial charge < -0.3 is 15.7 Å². The molecular weight excluding hydrogens is 292 g/mol. The van der Waals surface area contributed by atoms with E-state index in [4.69, 9.17) is 5.11 Å². The van der Waals surface area contributed by atoms with E-state index >= 15 is 0 Å². The second-order valence-electron chi connectivity index (χ2n) is 3.94. The topological polar surface area (TPSA) is 122 Å². The van der Waals surface area contributed by atoms with Crippen molar-refractivity contribution in [3.8, 4) is 0 Å². The molecule has 0 aromatic heterocycles. The van der Waals surface area contributed by atoms with Crippen LogP contribution in [0.4, 0.5) is 25.0 Å². The second kappa shape index (κ2) is 6.59. The molecule has 1 aromatic rings. The maximum atomic E-state index is 13.4. The van der Waals surface area contributed by atoms with Gasteiger partial charge in [0.15, 0.2) is 0 Å². The summed E-state index contributed by atoms with van der Waals surface area (Å²) in [5.74, 6) is -3.91. The van der Waals surface area contributed by atoms with Crippen molar-refractivity contribution < 1.29 is 28.4 Å². The number of benzene rings is 1. The number of nitrogens with zero attached hydrogens (tertiary/aromatic N) is 1. The van der Waals surface area contributed by atoms with Gasteiger partial charge in [0.1, 0.15) is 11.9 Å². The zero-order valence-corrected chi connectivity index (χ0v) is 10.7. The van der Waals surface area contributed by atoms with Gasteiger partial charge in [-0.2, -0.15) is 4.39 Å². The van der Waals surface area contributed by atoms with Crippen LogP contribution in [0.5, 0.6) is 0 Å². The summed E-state index contributed by atoms with van der Waals surface area (Å²) in [5.41, 5.74) is -1.65. The van der Waals surface area contributed by atoms with Crippen LogP contribution in [0.1, 0.15) is 13.3 Å². The average molecular weight is 303 g/mol. The Morgan fingerprint density at radius 2 is 2.00 bits per heavy atom. The fraction of sp³-hybridized carbons (Fsp3) is 0.273. The lowest BCUT2D eigenvalue weighted by Crippen LogP contribution is -2.42. The summed E-state index contributed by atoms with van der Waals surface area (Å²) >= 11 is 0. The first-order chi connectivity index (χ1) is 9.76. The molecule has 2 amide bonds. The maximum absolute atomic E-state index is 13.4. The van der Waals surface area contributed by atoms with E-state index in [-0.39, 0.29) is 12.5 Å². The van der Waals surface area contributed by atoms with Crippen LogP contribution in [0, 0.1) is 21.7 Å². The molecule has 1 aromatic carbocycles. The van der Waals surface area contributed by atoms with E-state index in [9.17, 15) is 28.5 Å². The van der Waals surface area contributed by atoms with E-state index in [1.807, 2.05) is 10.6 Å². The molecule has 0 heterocycles. The van der Waals surface area contributed by atoms with Crippen molar-refractivity contribution in [2.24, 2.45) is 0 Å². The number of rotatable bonds is 5. The van der Waals surface area contributed by atoms with Crippen molar-refractivity contribution in [2.45, 2.75) is 19.4 Å². The Hall–Kier alpha value is -2.78. The first kappa shape index (κ1) is 16.3. The van der Waals surface area contributed by atoms with Gasteiger partial charge >= 0.3 is 17.7 Å². The quantitative estimate of drug-likeness (QED) is 0.566. The van der Waals surface area contributed by atoms with Crippen LogP contribution in [0.3, 0.4) is 0 Å². The number of carbonyl (C=O) groups excluding carboxylic acids is 1. The number of hydrogen-bond acceptors (Lipinski definition) is 4. The largest absolute Gasteiger partial charge is 0.480 e. The number of carboxylic acids is 1. The van der Waals surface area contributed by atoms with E-state index in [0.717, 1.165) is 0 Å². The van der Waals surface area contributed by atoms with E-state index < -0.39 is 46.0 Å². The fourth-order valence-corrected chi connectivity index (χ4v) is 1.43. The lowest BCUT2D eigenvalue weighted by Gasteiger charge is -2.13. The van der Waals surface area contributed by atoms with Crippen LogP contribution >= 0.6 is 0 Å². The summed E-state index contributed by atoms with van der Waals surface area (Å²) in [4.78, 5) is 31.6. The minimum absolute atomic E-state index is 0.0782. The zero-order valence-electron chi connectivity index (χ0n) is 10.7. The lowest BCUT2D eigenvalue weighted by atomic mass is 10.2. The molecule has 0 spiro atoms. The first-order valence-corrected chi connectivity index (χ1v) is 5.70. The molecule has 21 heavy (non-hydrogen) atoms. The number of aliphatic carboxylic acids is 1. The minimum Gasteiger partial charge on any atom is -0.480 e. The zero-order chi connectivity index (χ0) is 16.2. The Kier molecular flexibility index (Phi) is 5.11. The smallest absolute Gasteiger partial charge is 0.326 e. The lowest BCUT2D eigenvalue weighted by molar-refractivity contribution is -0.387. The van der Waals surface area contributed by atoms with Crippen LogP contribution in [-0.4, -0.2) is 28.1 Å². The predicted molar refractivity (Wildman–Crippen MR) is 66.9 cm³/mol. The van der Waals surface area contributed by atoms with Crippen molar-refractivity contribution in [2.75, 3.05) is 5.32 Å². The maximum Gasteiger partial charge on any atom is 0.326 e. The SMILES string of the molecule is CCC(NC(=O)Nc1cc([N+](=O)[O-])c(F)cc1F)C(=O)O. The molecule has 1 unspecified atom stereocenters. The third-order valence-electron chi connectivity index (χ3n) is 2.49. The van der Waals surface area contributed by atoms with Crippen molar-refractivity contribution in [1.29, 1.82) is 0 Å². The number of carboxylic acid groups (broad SMARTS) is 1. The summed E-state index contributed by atoms with van der Waals surface area (Å²) in [7, 11) is 0. The highest BCUT2D eigenvalue weighted by Gasteiger charge is 2.21. The number of amides is 2. The van der Waals surface area contributed by atoms with Crippen LogP contribution in [0.25, 0.3) is 0 Å². The number of carbonyl (C=O) groups is 2. The Morgan fingerprint density at radius 1 is 1.38 bits per heavy atom. The number of nitro benzene ring substituents is 1. The minimum atomic E-state index is -1.39. The highest BCUT2D eigenvalue weighted by Crippen LogP contribution is 2.24. The molecule has 114 valence electrons. The van der Waals surface area contributed by atoms with Gasteiger partial charge in [0.25, 0.3) is 0 Å². The molecule has 0 saturated carbocycles. The molecule has 8 nitrogen and oxygen atoms in total. The van der Waals surface area contributed by atoms with E-state index in [1.165, 1.54) is 6.92 Å². The Labute approximate surface area is 116 Å². The number of nitro groups is 1. The van der Waals surface area contributed by atoms with Gasteiger partial charge in [-0.25, -0.2) is 14.0 Å².